The Labute approximate surface area is 85.5 Å². The Kier molecular flexibility index (Phi) is 3.37. The number of carbonyl (C=O) groups excluding carboxylic acids is 1. The Bertz CT molecular complexity index is 206. The molecule has 1 N–H and O–H groups in total. The van der Waals surface area contributed by atoms with Gasteiger partial charge in [-0.25, -0.2) is 4.79 Å². The van der Waals surface area contributed by atoms with Gasteiger partial charge in [-0.1, -0.05) is 0 Å². The highest BCUT2D eigenvalue weighted by molar-refractivity contribution is 5.74. The molecule has 1 aliphatic rings. The van der Waals surface area contributed by atoms with Crippen LogP contribution in [0, 0.1) is 0 Å². The van der Waals surface area contributed by atoms with Crippen LogP contribution < -0.4 is 0 Å². The average Bonchev–Trinajstić information content (AvgIpc) is 2.15. The van der Waals surface area contributed by atoms with Gasteiger partial charge in [0.25, 0.3) is 0 Å². The average molecular weight is 200 g/mol. The van der Waals surface area contributed by atoms with Crippen molar-refractivity contribution in [3.63, 3.8) is 0 Å². The molecule has 1 rings (SSSR count). The van der Waals surface area contributed by atoms with Gasteiger partial charge in [-0.05, 0) is 26.7 Å². The fourth-order valence-corrected chi connectivity index (χ4v) is 1.56. The van der Waals surface area contributed by atoms with Crippen LogP contribution in [0.25, 0.3) is 0 Å². The zero-order chi connectivity index (χ0) is 10.8. The van der Waals surface area contributed by atoms with E-state index in [2.05, 4.69) is 0 Å². The van der Waals surface area contributed by atoms with Crippen LogP contribution in [-0.4, -0.2) is 53.2 Å². The summed E-state index contributed by atoms with van der Waals surface area (Å²) in [6.07, 6.45) is 1.35. The van der Waals surface area contributed by atoms with Crippen molar-refractivity contribution in [3.8, 4) is 0 Å². The first kappa shape index (κ1) is 11.3. The summed E-state index contributed by atoms with van der Waals surface area (Å²) in [6, 6.07) is 0.0722. The van der Waals surface area contributed by atoms with Crippen molar-refractivity contribution >= 4 is 6.03 Å². The molecule has 1 fully saturated rings. The van der Waals surface area contributed by atoms with E-state index in [1.54, 1.807) is 11.9 Å². The van der Waals surface area contributed by atoms with Gasteiger partial charge in [-0.15, -0.1) is 0 Å². The second-order valence-corrected chi connectivity index (χ2v) is 4.28. The smallest absolute Gasteiger partial charge is 0.319 e. The lowest BCUT2D eigenvalue weighted by Gasteiger charge is -2.37. The van der Waals surface area contributed by atoms with Gasteiger partial charge in [0.15, 0.2) is 0 Å². The molecule has 1 heterocycles. The molecule has 0 bridgehead atoms. The van der Waals surface area contributed by atoms with E-state index in [4.69, 9.17) is 0 Å². The molecule has 0 unspecified atom stereocenters. The molecule has 0 spiro atoms. The highest BCUT2D eigenvalue weighted by Crippen LogP contribution is 2.21. The van der Waals surface area contributed by atoms with Crippen LogP contribution in [0.2, 0.25) is 0 Å². The van der Waals surface area contributed by atoms with E-state index in [9.17, 15) is 9.90 Å². The van der Waals surface area contributed by atoms with E-state index in [0.29, 0.717) is 25.9 Å². The molecule has 82 valence electrons. The zero-order valence-corrected chi connectivity index (χ0v) is 9.29. The van der Waals surface area contributed by atoms with Gasteiger partial charge in [0.05, 0.1) is 5.60 Å². The molecule has 14 heavy (non-hydrogen) atoms. The van der Waals surface area contributed by atoms with Gasteiger partial charge in [0, 0.05) is 26.7 Å². The molecule has 0 aromatic rings. The van der Waals surface area contributed by atoms with Gasteiger partial charge in [0.1, 0.15) is 0 Å². The summed E-state index contributed by atoms with van der Waals surface area (Å²) in [5, 5.41) is 9.72. The van der Waals surface area contributed by atoms with Crippen molar-refractivity contribution in [1.82, 2.24) is 9.80 Å². The molecule has 0 aliphatic carbocycles. The Balaban J connectivity index is 2.46. The van der Waals surface area contributed by atoms with Gasteiger partial charge in [0.2, 0.25) is 0 Å². The summed E-state index contributed by atoms with van der Waals surface area (Å²) in [7, 11) is 1.80. The first-order valence-corrected chi connectivity index (χ1v) is 5.19. The number of piperidine rings is 1. The predicted octanol–water partition coefficient (Wildman–Crippen LogP) is 0.905. The number of carbonyl (C=O) groups is 1. The molecule has 4 nitrogen and oxygen atoms in total. The lowest BCUT2D eigenvalue weighted by Crippen LogP contribution is -2.49. The first-order valence-electron chi connectivity index (χ1n) is 5.19. The largest absolute Gasteiger partial charge is 0.390 e. The number of likely N-dealkylation sites (tertiary alicyclic amines) is 1. The molecule has 0 aromatic heterocycles. The van der Waals surface area contributed by atoms with E-state index >= 15 is 0 Å². The van der Waals surface area contributed by atoms with Gasteiger partial charge >= 0.3 is 6.03 Å². The monoisotopic (exact) mass is 200 g/mol. The summed E-state index contributed by atoms with van der Waals surface area (Å²) in [6.45, 7) is 5.84. The van der Waals surface area contributed by atoms with E-state index in [0.717, 1.165) is 6.54 Å². The fraction of sp³-hybridized carbons (Fsp3) is 0.900. The van der Waals surface area contributed by atoms with Crippen LogP contribution in [0.15, 0.2) is 0 Å². The molecular formula is C10H20N2O2. The third kappa shape index (κ3) is 2.61. The maximum Gasteiger partial charge on any atom is 0.319 e. The number of rotatable bonds is 1. The van der Waals surface area contributed by atoms with Crippen molar-refractivity contribution < 1.29 is 9.90 Å². The zero-order valence-electron chi connectivity index (χ0n) is 9.29. The van der Waals surface area contributed by atoms with Crippen molar-refractivity contribution in [2.75, 3.05) is 26.7 Å². The van der Waals surface area contributed by atoms with Gasteiger partial charge in [-0.2, -0.15) is 0 Å². The third-order valence-corrected chi connectivity index (χ3v) is 2.91. The molecule has 0 aromatic carbocycles. The van der Waals surface area contributed by atoms with Crippen molar-refractivity contribution in [3.05, 3.63) is 0 Å². The summed E-state index contributed by atoms with van der Waals surface area (Å²) < 4.78 is 0. The van der Waals surface area contributed by atoms with Crippen LogP contribution in [0.3, 0.4) is 0 Å². The lowest BCUT2D eigenvalue weighted by molar-refractivity contribution is 0.00145. The third-order valence-electron chi connectivity index (χ3n) is 2.91. The van der Waals surface area contributed by atoms with Crippen LogP contribution in [0.4, 0.5) is 4.79 Å². The molecular weight excluding hydrogens is 180 g/mol. The molecule has 1 aliphatic heterocycles. The van der Waals surface area contributed by atoms with Crippen LogP contribution in [0.1, 0.15) is 26.7 Å². The summed E-state index contributed by atoms with van der Waals surface area (Å²) in [5.74, 6) is 0. The minimum atomic E-state index is -0.582. The Morgan fingerprint density at radius 1 is 1.50 bits per heavy atom. The number of aliphatic hydroxyl groups is 1. The lowest BCUT2D eigenvalue weighted by atomic mass is 9.94. The summed E-state index contributed by atoms with van der Waals surface area (Å²) in [4.78, 5) is 15.2. The van der Waals surface area contributed by atoms with Crippen LogP contribution in [0.5, 0.6) is 0 Å². The normalized spacial score (nSPS) is 20.7. The molecule has 4 heteroatoms. The fourth-order valence-electron chi connectivity index (χ4n) is 1.56. The van der Waals surface area contributed by atoms with Gasteiger partial charge in [-0.3, -0.25) is 0 Å². The van der Waals surface area contributed by atoms with E-state index in [-0.39, 0.29) is 6.03 Å². The number of hydrogen-bond acceptors (Lipinski definition) is 2. The molecule has 1 saturated heterocycles. The number of hydrogen-bond donors (Lipinski definition) is 1. The van der Waals surface area contributed by atoms with E-state index in [1.807, 2.05) is 18.7 Å². The Morgan fingerprint density at radius 2 is 2.00 bits per heavy atom. The number of nitrogens with zero attached hydrogens (tertiary/aromatic N) is 2. The van der Waals surface area contributed by atoms with Gasteiger partial charge < -0.3 is 14.9 Å². The number of amides is 2. The minimum absolute atomic E-state index is 0.0722. The topological polar surface area (TPSA) is 43.8 Å². The number of urea groups is 1. The molecule has 2 amide bonds. The molecule has 0 atom stereocenters. The van der Waals surface area contributed by atoms with E-state index in [1.165, 1.54) is 0 Å². The van der Waals surface area contributed by atoms with Crippen molar-refractivity contribution in [2.45, 2.75) is 32.3 Å². The maximum atomic E-state index is 11.7. The minimum Gasteiger partial charge on any atom is -0.390 e. The second kappa shape index (κ2) is 4.17. The first-order chi connectivity index (χ1) is 6.46. The molecule has 0 saturated carbocycles. The van der Waals surface area contributed by atoms with Crippen LogP contribution in [-0.2, 0) is 0 Å². The van der Waals surface area contributed by atoms with Crippen molar-refractivity contribution in [2.24, 2.45) is 0 Å². The SMILES string of the molecule is CCN(C)C(=O)N1CCC(C)(O)CC1. The second-order valence-electron chi connectivity index (χ2n) is 4.28. The Hall–Kier alpha value is -0.770. The quantitative estimate of drug-likeness (QED) is 0.683. The molecule has 0 radical (unpaired) electrons. The maximum absolute atomic E-state index is 11.7. The van der Waals surface area contributed by atoms with Crippen LogP contribution >= 0.6 is 0 Å². The Morgan fingerprint density at radius 3 is 2.43 bits per heavy atom. The highest BCUT2D eigenvalue weighted by atomic mass is 16.3. The summed E-state index contributed by atoms with van der Waals surface area (Å²) in [5.41, 5.74) is -0.582. The van der Waals surface area contributed by atoms with Crippen molar-refractivity contribution in [1.29, 1.82) is 0 Å². The summed E-state index contributed by atoms with van der Waals surface area (Å²) >= 11 is 0. The highest BCUT2D eigenvalue weighted by Gasteiger charge is 2.30. The van der Waals surface area contributed by atoms with E-state index < -0.39 is 5.60 Å². The predicted molar refractivity (Wildman–Crippen MR) is 55.1 cm³/mol. The standard InChI is InChI=1S/C10H20N2O2/c1-4-11(3)9(13)12-7-5-10(2,14)6-8-12/h14H,4-8H2,1-3H3.